The Morgan fingerprint density at radius 1 is 1.47 bits per heavy atom. The molecule has 2 nitrogen and oxygen atoms in total. The predicted molar refractivity (Wildman–Crippen MR) is 61.1 cm³/mol. The van der Waals surface area contributed by atoms with Crippen molar-refractivity contribution in [1.82, 2.24) is 0 Å². The van der Waals surface area contributed by atoms with E-state index in [9.17, 15) is 0 Å². The molecule has 0 unspecified atom stereocenters. The van der Waals surface area contributed by atoms with Crippen molar-refractivity contribution >= 4 is 11.6 Å². The Kier molecular flexibility index (Phi) is 3.60. The molecule has 0 saturated carbocycles. The molecule has 1 rings (SSSR count). The quantitative estimate of drug-likeness (QED) is 0.785. The van der Waals surface area contributed by atoms with Crippen molar-refractivity contribution in [2.45, 2.75) is 20.8 Å². The molecule has 15 heavy (non-hydrogen) atoms. The third kappa shape index (κ3) is 3.45. The summed E-state index contributed by atoms with van der Waals surface area (Å²) >= 11 is 5.96. The highest BCUT2D eigenvalue weighted by molar-refractivity contribution is 6.32. The van der Waals surface area contributed by atoms with E-state index < -0.39 is 5.41 Å². The lowest BCUT2D eigenvalue weighted by Gasteiger charge is -2.17. The molecule has 0 bridgehead atoms. The third-order valence-electron chi connectivity index (χ3n) is 1.98. The van der Waals surface area contributed by atoms with Gasteiger partial charge in [-0.25, -0.2) is 0 Å². The van der Waals surface area contributed by atoms with E-state index >= 15 is 0 Å². The fourth-order valence-corrected chi connectivity index (χ4v) is 1.18. The Morgan fingerprint density at radius 3 is 2.73 bits per heavy atom. The molecule has 0 aliphatic heterocycles. The Balaban J connectivity index is 2.74. The summed E-state index contributed by atoms with van der Waals surface area (Å²) in [7, 11) is 0. The maximum atomic E-state index is 8.83. The van der Waals surface area contributed by atoms with Gasteiger partial charge in [0.05, 0.1) is 16.5 Å². The van der Waals surface area contributed by atoms with Gasteiger partial charge in [-0.15, -0.1) is 0 Å². The maximum Gasteiger partial charge on any atom is 0.138 e. The number of hydrogen-bond donors (Lipinski definition) is 0. The predicted octanol–water partition coefficient (Wildman–Crippen LogP) is 3.58. The SMILES string of the molecule is Cc1ccc(Cl)c(OCC(C)(C)C#N)c1. The second-order valence-corrected chi connectivity index (χ2v) is 4.63. The summed E-state index contributed by atoms with van der Waals surface area (Å²) in [5.41, 5.74) is 0.594. The van der Waals surface area contributed by atoms with Gasteiger partial charge in [0.2, 0.25) is 0 Å². The zero-order valence-corrected chi connectivity index (χ0v) is 9.93. The second kappa shape index (κ2) is 4.55. The van der Waals surface area contributed by atoms with Gasteiger partial charge in [-0.1, -0.05) is 17.7 Å². The van der Waals surface area contributed by atoms with Crippen LogP contribution in [0.15, 0.2) is 18.2 Å². The summed E-state index contributed by atoms with van der Waals surface area (Å²) in [4.78, 5) is 0. The summed E-state index contributed by atoms with van der Waals surface area (Å²) < 4.78 is 5.52. The summed E-state index contributed by atoms with van der Waals surface area (Å²) in [5, 5.41) is 9.41. The molecule has 0 atom stereocenters. The fourth-order valence-electron chi connectivity index (χ4n) is 1.01. The molecule has 0 radical (unpaired) electrons. The third-order valence-corrected chi connectivity index (χ3v) is 2.29. The topological polar surface area (TPSA) is 33.0 Å². The van der Waals surface area contributed by atoms with Crippen LogP contribution in [0.2, 0.25) is 5.02 Å². The Bertz CT molecular complexity index is 393. The van der Waals surface area contributed by atoms with Crippen LogP contribution in [-0.4, -0.2) is 6.61 Å². The van der Waals surface area contributed by atoms with E-state index in [-0.39, 0.29) is 0 Å². The van der Waals surface area contributed by atoms with E-state index in [0.717, 1.165) is 5.56 Å². The van der Waals surface area contributed by atoms with Crippen LogP contribution in [-0.2, 0) is 0 Å². The first-order valence-electron chi connectivity index (χ1n) is 4.75. The molecule has 0 fully saturated rings. The summed E-state index contributed by atoms with van der Waals surface area (Å²) in [6, 6.07) is 7.77. The van der Waals surface area contributed by atoms with Crippen LogP contribution in [0.5, 0.6) is 5.75 Å². The van der Waals surface area contributed by atoms with Gasteiger partial charge in [-0.3, -0.25) is 0 Å². The fraction of sp³-hybridized carbons (Fsp3) is 0.417. The zero-order valence-electron chi connectivity index (χ0n) is 9.17. The lowest BCUT2D eigenvalue weighted by atomic mass is 9.98. The molecule has 0 amide bonds. The average Bonchev–Trinajstić information content (AvgIpc) is 2.20. The lowest BCUT2D eigenvalue weighted by Crippen LogP contribution is -2.19. The van der Waals surface area contributed by atoms with Crippen molar-refractivity contribution in [2.75, 3.05) is 6.61 Å². The number of ether oxygens (including phenoxy) is 1. The molecule has 0 N–H and O–H groups in total. The van der Waals surface area contributed by atoms with Gasteiger partial charge in [-0.05, 0) is 38.5 Å². The van der Waals surface area contributed by atoms with Crippen LogP contribution in [0.1, 0.15) is 19.4 Å². The van der Waals surface area contributed by atoms with Gasteiger partial charge in [0.25, 0.3) is 0 Å². The molecule has 80 valence electrons. The smallest absolute Gasteiger partial charge is 0.138 e. The summed E-state index contributed by atoms with van der Waals surface area (Å²) in [6.45, 7) is 5.97. The highest BCUT2D eigenvalue weighted by Crippen LogP contribution is 2.27. The maximum absolute atomic E-state index is 8.83. The summed E-state index contributed by atoms with van der Waals surface area (Å²) in [5.74, 6) is 0.639. The van der Waals surface area contributed by atoms with Crippen LogP contribution < -0.4 is 4.74 Å². The Morgan fingerprint density at radius 2 is 2.13 bits per heavy atom. The molecule has 0 spiro atoms. The lowest BCUT2D eigenvalue weighted by molar-refractivity contribution is 0.227. The molecule has 1 aromatic rings. The molecule has 1 aromatic carbocycles. The van der Waals surface area contributed by atoms with E-state index in [2.05, 4.69) is 6.07 Å². The molecule has 0 aliphatic rings. The molecule has 0 saturated heterocycles. The van der Waals surface area contributed by atoms with Gasteiger partial charge in [0, 0.05) is 0 Å². The van der Waals surface area contributed by atoms with Gasteiger partial charge in [0.15, 0.2) is 0 Å². The van der Waals surface area contributed by atoms with Crippen molar-refractivity contribution in [1.29, 1.82) is 5.26 Å². The summed E-state index contributed by atoms with van der Waals surface area (Å²) in [6.07, 6.45) is 0. The first kappa shape index (κ1) is 11.9. The van der Waals surface area contributed by atoms with Crippen LogP contribution in [0.25, 0.3) is 0 Å². The zero-order chi connectivity index (χ0) is 11.5. The second-order valence-electron chi connectivity index (χ2n) is 4.22. The first-order valence-corrected chi connectivity index (χ1v) is 5.12. The highest BCUT2D eigenvalue weighted by Gasteiger charge is 2.18. The number of nitriles is 1. The van der Waals surface area contributed by atoms with Crippen molar-refractivity contribution < 1.29 is 4.74 Å². The molecule has 0 heterocycles. The minimum atomic E-state index is -0.493. The highest BCUT2D eigenvalue weighted by atomic mass is 35.5. The number of benzene rings is 1. The number of rotatable bonds is 3. The van der Waals surface area contributed by atoms with E-state index in [0.29, 0.717) is 17.4 Å². The minimum absolute atomic E-state index is 0.340. The normalized spacial score (nSPS) is 10.9. The first-order chi connectivity index (χ1) is 6.94. The molecule has 0 aliphatic carbocycles. The Labute approximate surface area is 95.4 Å². The van der Waals surface area contributed by atoms with E-state index in [1.807, 2.05) is 32.9 Å². The number of halogens is 1. The number of hydrogen-bond acceptors (Lipinski definition) is 2. The van der Waals surface area contributed by atoms with Crippen molar-refractivity contribution in [3.05, 3.63) is 28.8 Å². The van der Waals surface area contributed by atoms with E-state index in [1.165, 1.54) is 0 Å². The number of aryl methyl sites for hydroxylation is 1. The largest absolute Gasteiger partial charge is 0.490 e. The van der Waals surface area contributed by atoms with Crippen molar-refractivity contribution in [3.8, 4) is 11.8 Å². The van der Waals surface area contributed by atoms with Crippen LogP contribution in [0, 0.1) is 23.7 Å². The number of nitrogens with zero attached hydrogens (tertiary/aromatic N) is 1. The average molecular weight is 224 g/mol. The standard InChI is InChI=1S/C12H14ClNO/c1-9-4-5-10(13)11(6-9)15-8-12(2,3)7-14/h4-6H,8H2,1-3H3. The van der Waals surface area contributed by atoms with E-state index in [1.54, 1.807) is 6.07 Å². The van der Waals surface area contributed by atoms with Crippen molar-refractivity contribution in [2.24, 2.45) is 5.41 Å². The molecular weight excluding hydrogens is 210 g/mol. The van der Waals surface area contributed by atoms with Gasteiger partial charge < -0.3 is 4.74 Å². The van der Waals surface area contributed by atoms with Gasteiger partial charge >= 0.3 is 0 Å². The van der Waals surface area contributed by atoms with Crippen LogP contribution in [0.4, 0.5) is 0 Å². The van der Waals surface area contributed by atoms with Gasteiger partial charge in [-0.2, -0.15) is 5.26 Å². The molecular formula is C12H14ClNO. The van der Waals surface area contributed by atoms with Crippen LogP contribution in [0.3, 0.4) is 0 Å². The van der Waals surface area contributed by atoms with Gasteiger partial charge in [0.1, 0.15) is 12.4 Å². The van der Waals surface area contributed by atoms with E-state index in [4.69, 9.17) is 21.6 Å². The van der Waals surface area contributed by atoms with Crippen LogP contribution >= 0.6 is 11.6 Å². The Hall–Kier alpha value is -1.20. The van der Waals surface area contributed by atoms with Crippen molar-refractivity contribution in [3.63, 3.8) is 0 Å². The molecule has 0 aromatic heterocycles. The minimum Gasteiger partial charge on any atom is -0.490 e. The monoisotopic (exact) mass is 223 g/mol. The molecule has 3 heteroatoms.